The number of esters is 2. The molecule has 19 rings (SSSR count). The normalized spacial score (nSPS) is 12.0. The van der Waals surface area contributed by atoms with E-state index in [1.807, 2.05) is 164 Å². The van der Waals surface area contributed by atoms with Crippen LogP contribution in [0.25, 0.3) is 107 Å². The second kappa shape index (κ2) is 27.6. The van der Waals surface area contributed by atoms with Crippen molar-refractivity contribution in [1.82, 2.24) is 29.5 Å². The number of carbonyl (C=O) groups is 2. The van der Waals surface area contributed by atoms with Crippen molar-refractivity contribution < 1.29 is 19.1 Å². The summed E-state index contributed by atoms with van der Waals surface area (Å²) in [6, 6.07) is 121. The monoisotopic (exact) mass is 1390 g/mol. The average Bonchev–Trinajstić information content (AvgIpc) is 0.822. The van der Waals surface area contributed by atoms with Gasteiger partial charge in [-0.15, -0.1) is 0 Å². The van der Waals surface area contributed by atoms with E-state index in [0.717, 1.165) is 101 Å². The molecule has 13 heteroatoms. The van der Waals surface area contributed by atoms with E-state index in [1.165, 1.54) is 16.4 Å². The number of ether oxygens (including phenoxy) is 2. The summed E-state index contributed by atoms with van der Waals surface area (Å²) in [5, 5.41) is 1.39. The molecule has 2 aliphatic heterocycles. The lowest BCUT2D eigenvalue weighted by Gasteiger charge is -2.44. The molecule has 17 aromatic rings. The molecule has 2 aliphatic rings. The van der Waals surface area contributed by atoms with Crippen LogP contribution in [0.4, 0.5) is 34.1 Å². The number of nitrogens with zero attached hydrogens (tertiary/aromatic N) is 8. The van der Waals surface area contributed by atoms with Gasteiger partial charge in [-0.1, -0.05) is 249 Å². The first-order valence-electron chi connectivity index (χ1n) is 36.0. The van der Waals surface area contributed by atoms with Crippen LogP contribution in [0.3, 0.4) is 0 Å². The van der Waals surface area contributed by atoms with Gasteiger partial charge in [0.2, 0.25) is 0 Å². The minimum atomic E-state index is -0.496. The summed E-state index contributed by atoms with van der Waals surface area (Å²) in [7, 11) is 0. The van der Waals surface area contributed by atoms with Crippen LogP contribution in [-0.2, 0) is 22.7 Å². The van der Waals surface area contributed by atoms with Gasteiger partial charge in [0.15, 0.2) is 23.3 Å². The maximum absolute atomic E-state index is 14.2. The molecule has 0 aliphatic carbocycles. The fraction of sp³-hybridized carbons (Fsp3) is 0.0211. The third kappa shape index (κ3) is 12.0. The number of para-hydroxylation sites is 4. The minimum absolute atomic E-state index is 0.0338. The number of rotatable bonds is 16. The predicted octanol–water partition coefficient (Wildman–Crippen LogP) is 20.2. The number of hydrogen-bond acceptors (Lipinski definition) is 11. The molecule has 0 unspecified atom stereocenters. The van der Waals surface area contributed by atoms with Crippen molar-refractivity contribution in [3.05, 3.63) is 380 Å². The Balaban J connectivity index is 0.801. The first-order chi connectivity index (χ1) is 53.4. The Morgan fingerprint density at radius 3 is 1.17 bits per heavy atom. The smallest absolute Gasteiger partial charge is 0.338 e. The molecule has 0 saturated heterocycles. The highest BCUT2D eigenvalue weighted by molar-refractivity contribution is 7.00. The Kier molecular flexibility index (Phi) is 16.5. The maximum atomic E-state index is 14.2. The van der Waals surface area contributed by atoms with Gasteiger partial charge in [-0.05, 0) is 148 Å². The van der Waals surface area contributed by atoms with E-state index in [9.17, 15) is 9.59 Å². The molecule has 510 valence electrons. The number of benzene rings is 14. The molecule has 0 radical (unpaired) electrons. The number of hydrogen-bond donors (Lipinski definition) is 0. The molecule has 14 aromatic carbocycles. The van der Waals surface area contributed by atoms with Crippen LogP contribution in [0, 0.1) is 0 Å². The van der Waals surface area contributed by atoms with Gasteiger partial charge in [0.05, 0.1) is 39.2 Å². The summed E-state index contributed by atoms with van der Waals surface area (Å²) in [6.45, 7) is 0.141. The fourth-order valence-electron chi connectivity index (χ4n) is 15.2. The van der Waals surface area contributed by atoms with Crippen LogP contribution in [0.5, 0.6) is 0 Å². The largest absolute Gasteiger partial charge is 0.457 e. The highest BCUT2D eigenvalue weighted by atomic mass is 16.5. The Morgan fingerprint density at radius 1 is 0.296 bits per heavy atom. The highest BCUT2D eigenvalue weighted by Crippen LogP contribution is 2.47. The summed E-state index contributed by atoms with van der Waals surface area (Å²) in [5.74, 6) is 0.751. The summed E-state index contributed by atoms with van der Waals surface area (Å²) in [6.07, 6.45) is 0. The quantitative estimate of drug-likeness (QED) is 0.0677. The van der Waals surface area contributed by atoms with E-state index in [-0.39, 0.29) is 19.9 Å². The van der Waals surface area contributed by atoms with Crippen molar-refractivity contribution >= 4 is 91.0 Å². The summed E-state index contributed by atoms with van der Waals surface area (Å²) >= 11 is 0. The molecule has 12 nitrogen and oxygen atoms in total. The van der Waals surface area contributed by atoms with Gasteiger partial charge in [-0.3, -0.25) is 0 Å². The third-order valence-electron chi connectivity index (χ3n) is 20.3. The third-order valence-corrected chi connectivity index (χ3v) is 20.3. The molecular weight excluding hydrogens is 1330 g/mol. The van der Waals surface area contributed by atoms with Gasteiger partial charge in [0.1, 0.15) is 13.2 Å². The first-order valence-corrected chi connectivity index (χ1v) is 36.0. The molecule has 0 atom stereocenters. The fourth-order valence-corrected chi connectivity index (χ4v) is 15.2. The Hall–Kier alpha value is -14.4. The van der Waals surface area contributed by atoms with Gasteiger partial charge in [-0.2, -0.15) is 0 Å². The molecule has 0 bridgehead atoms. The molecule has 0 fully saturated rings. The lowest BCUT2D eigenvalue weighted by molar-refractivity contribution is 0.0464. The van der Waals surface area contributed by atoms with Crippen molar-refractivity contribution in [1.29, 1.82) is 0 Å². The van der Waals surface area contributed by atoms with Crippen LogP contribution in [0.1, 0.15) is 31.8 Å². The Labute approximate surface area is 623 Å². The van der Waals surface area contributed by atoms with Gasteiger partial charge in [0.25, 0.3) is 6.71 Å². The molecule has 0 spiro atoms. The van der Waals surface area contributed by atoms with Crippen LogP contribution in [-0.4, -0.2) is 48.1 Å². The predicted molar refractivity (Wildman–Crippen MR) is 433 cm³/mol. The first kappa shape index (κ1) is 64.4. The number of carbonyl (C=O) groups excluding carboxylic acids is 2. The Bertz CT molecular complexity index is 6010. The van der Waals surface area contributed by atoms with E-state index in [1.54, 1.807) is 12.1 Å². The molecule has 3 aromatic heterocycles. The summed E-state index contributed by atoms with van der Waals surface area (Å²) < 4.78 is 14.1. The lowest BCUT2D eigenvalue weighted by Crippen LogP contribution is -2.61. The van der Waals surface area contributed by atoms with Gasteiger partial charge in [0, 0.05) is 78.3 Å². The standard InChI is InChI=1S/C95H63BN8O4/c105-94(107-60-62-26-8-1-9-27-62)70-49-52-82-75(55-70)76-56-71(95(106)108-61-63-28-10-2-11-29-63)50-53-83(76)104(82)84-51-48-69(92-97-80(65-30-12-3-13-31-65)59-81(98-92)66-32-14-4-15-33-66)54-77(84)93-100-90(67-34-16-5-17-35-67)99-91(101-93)68-46-44-64(45-47-68)72-57-87-89-88(58-72)103(74-38-20-7-21-39-74)86-43-25-23-41-79(86)96(89)78-40-22-24-42-85(78)102(87)73-36-18-6-19-37-73/h1-59H,60-61H2. The topological polar surface area (TPSA) is 128 Å². The summed E-state index contributed by atoms with van der Waals surface area (Å²) in [4.78, 5) is 60.5. The van der Waals surface area contributed by atoms with Crippen molar-refractivity contribution in [2.45, 2.75) is 13.2 Å². The molecule has 0 saturated carbocycles. The van der Waals surface area contributed by atoms with Crippen LogP contribution >= 0.6 is 0 Å². The van der Waals surface area contributed by atoms with Crippen LogP contribution in [0.2, 0.25) is 0 Å². The van der Waals surface area contributed by atoms with Gasteiger partial charge < -0.3 is 23.8 Å². The van der Waals surface area contributed by atoms with E-state index >= 15 is 0 Å². The van der Waals surface area contributed by atoms with Gasteiger partial charge >= 0.3 is 11.9 Å². The zero-order valence-corrected chi connectivity index (χ0v) is 58.3. The van der Waals surface area contributed by atoms with E-state index in [4.69, 9.17) is 34.4 Å². The number of fused-ring (bicyclic) bond motifs is 7. The van der Waals surface area contributed by atoms with Crippen molar-refractivity contribution in [3.8, 4) is 84.9 Å². The summed E-state index contributed by atoms with van der Waals surface area (Å²) in [5.41, 5.74) is 23.1. The highest BCUT2D eigenvalue weighted by Gasteiger charge is 2.43. The molecule has 5 heterocycles. The minimum Gasteiger partial charge on any atom is -0.457 e. The second-order valence-electron chi connectivity index (χ2n) is 26.9. The number of anilines is 6. The Morgan fingerprint density at radius 2 is 0.685 bits per heavy atom. The second-order valence-corrected chi connectivity index (χ2v) is 26.9. The molecular formula is C95H63BN8O4. The molecule has 0 amide bonds. The van der Waals surface area contributed by atoms with Crippen LogP contribution in [0.15, 0.2) is 358 Å². The average molecular weight is 1390 g/mol. The SMILES string of the molecule is O=C(OCc1ccccc1)c1ccc2c(c1)c1cc(C(=O)OCc3ccccc3)ccc1n2-c1ccc(-c2nc(-c3ccccc3)cc(-c3ccccc3)n2)cc1-c1nc(-c2ccccc2)nc(-c2ccc(-c3cc4c5c(c3)N(c3ccccc3)c3ccccc3B5c3ccccc3N4c3ccccc3)cc2)n1. The molecule has 108 heavy (non-hydrogen) atoms. The van der Waals surface area contributed by atoms with E-state index in [2.05, 4.69) is 196 Å². The number of aromatic nitrogens is 6. The van der Waals surface area contributed by atoms with Crippen molar-refractivity contribution in [2.24, 2.45) is 0 Å². The van der Waals surface area contributed by atoms with E-state index < -0.39 is 11.9 Å². The zero-order chi connectivity index (χ0) is 72.0. The van der Waals surface area contributed by atoms with Crippen LogP contribution < -0.4 is 26.2 Å². The van der Waals surface area contributed by atoms with Crippen molar-refractivity contribution in [2.75, 3.05) is 9.80 Å². The zero-order valence-electron chi connectivity index (χ0n) is 58.3. The maximum Gasteiger partial charge on any atom is 0.338 e. The lowest BCUT2D eigenvalue weighted by atomic mass is 9.33. The van der Waals surface area contributed by atoms with Crippen molar-refractivity contribution in [3.63, 3.8) is 0 Å². The van der Waals surface area contributed by atoms with E-state index in [0.29, 0.717) is 62.0 Å². The van der Waals surface area contributed by atoms with Gasteiger partial charge in [-0.25, -0.2) is 34.5 Å². The molecule has 0 N–H and O–H groups in total.